The smallest absolute Gasteiger partial charge is 0.166 e. The number of hydrogen-bond donors (Lipinski definition) is 0. The molecule has 0 aromatic carbocycles. The maximum Gasteiger partial charge on any atom is 0.166 e. The fourth-order valence-electron chi connectivity index (χ4n) is 2.15. The molecule has 3 atom stereocenters. The summed E-state index contributed by atoms with van der Waals surface area (Å²) in [5.41, 5.74) is 0. The van der Waals surface area contributed by atoms with Crippen molar-refractivity contribution in [2.24, 2.45) is 0 Å². The standard InChI is InChI=1S/C14H20O3S/c1-3-11(15)14(12-7-5-9-18-12)17-13-8-4-6-10(2)16-13/h5,7,9-10,13-14H,3-4,6,8H2,1-2H3/t10-,13+,14-/m0/s1. The third-order valence-electron chi connectivity index (χ3n) is 3.16. The zero-order valence-corrected chi connectivity index (χ0v) is 11.7. The van der Waals surface area contributed by atoms with Crippen molar-refractivity contribution in [2.75, 3.05) is 0 Å². The van der Waals surface area contributed by atoms with Gasteiger partial charge in [0, 0.05) is 11.3 Å². The van der Waals surface area contributed by atoms with Crippen LogP contribution >= 0.6 is 11.3 Å². The van der Waals surface area contributed by atoms with Gasteiger partial charge in [-0.25, -0.2) is 0 Å². The summed E-state index contributed by atoms with van der Waals surface area (Å²) in [6.45, 7) is 3.92. The highest BCUT2D eigenvalue weighted by molar-refractivity contribution is 7.10. The first-order valence-corrected chi connectivity index (χ1v) is 7.45. The molecule has 100 valence electrons. The lowest BCUT2D eigenvalue weighted by Gasteiger charge is -2.30. The fraction of sp³-hybridized carbons (Fsp3) is 0.643. The zero-order valence-electron chi connectivity index (χ0n) is 10.9. The van der Waals surface area contributed by atoms with Gasteiger partial charge < -0.3 is 9.47 Å². The summed E-state index contributed by atoms with van der Waals surface area (Å²) in [5.74, 6) is 0.124. The van der Waals surface area contributed by atoms with Crippen LogP contribution in [0.15, 0.2) is 17.5 Å². The van der Waals surface area contributed by atoms with Crippen molar-refractivity contribution in [3.63, 3.8) is 0 Å². The van der Waals surface area contributed by atoms with Gasteiger partial charge in [-0.15, -0.1) is 11.3 Å². The van der Waals surface area contributed by atoms with E-state index < -0.39 is 6.10 Å². The van der Waals surface area contributed by atoms with Gasteiger partial charge in [-0.2, -0.15) is 0 Å². The van der Waals surface area contributed by atoms with Crippen LogP contribution < -0.4 is 0 Å². The van der Waals surface area contributed by atoms with Crippen LogP contribution in [-0.2, 0) is 14.3 Å². The van der Waals surface area contributed by atoms with Crippen molar-refractivity contribution in [1.29, 1.82) is 0 Å². The van der Waals surface area contributed by atoms with Crippen molar-refractivity contribution in [3.8, 4) is 0 Å². The van der Waals surface area contributed by atoms with E-state index in [0.717, 1.165) is 24.1 Å². The van der Waals surface area contributed by atoms with E-state index in [0.29, 0.717) is 6.42 Å². The molecule has 1 saturated heterocycles. The molecule has 0 unspecified atom stereocenters. The molecule has 2 heterocycles. The highest BCUT2D eigenvalue weighted by Gasteiger charge is 2.28. The van der Waals surface area contributed by atoms with Crippen LogP contribution in [0.4, 0.5) is 0 Å². The number of ether oxygens (including phenoxy) is 2. The van der Waals surface area contributed by atoms with E-state index in [1.165, 1.54) is 0 Å². The summed E-state index contributed by atoms with van der Waals surface area (Å²) in [7, 11) is 0. The Balaban J connectivity index is 2.03. The average molecular weight is 268 g/mol. The Morgan fingerprint density at radius 2 is 2.44 bits per heavy atom. The van der Waals surface area contributed by atoms with Gasteiger partial charge in [0.15, 0.2) is 18.2 Å². The molecule has 0 saturated carbocycles. The number of rotatable bonds is 5. The summed E-state index contributed by atoms with van der Waals surface area (Å²) < 4.78 is 11.6. The van der Waals surface area contributed by atoms with Gasteiger partial charge in [-0.3, -0.25) is 4.79 Å². The van der Waals surface area contributed by atoms with Crippen LogP contribution in [0.5, 0.6) is 0 Å². The molecule has 0 radical (unpaired) electrons. The van der Waals surface area contributed by atoms with E-state index in [9.17, 15) is 4.79 Å². The van der Waals surface area contributed by atoms with Gasteiger partial charge in [0.05, 0.1) is 6.10 Å². The second kappa shape index (κ2) is 6.45. The van der Waals surface area contributed by atoms with Crippen molar-refractivity contribution >= 4 is 17.1 Å². The Morgan fingerprint density at radius 1 is 1.61 bits per heavy atom. The number of thiophene rings is 1. The van der Waals surface area contributed by atoms with Crippen LogP contribution in [0, 0.1) is 0 Å². The minimum atomic E-state index is -0.453. The third kappa shape index (κ3) is 3.40. The minimum absolute atomic E-state index is 0.124. The Kier molecular flexibility index (Phi) is 4.92. The maximum atomic E-state index is 12.0. The molecule has 1 aromatic heterocycles. The summed E-state index contributed by atoms with van der Waals surface area (Å²) in [6, 6.07) is 3.90. The monoisotopic (exact) mass is 268 g/mol. The highest BCUT2D eigenvalue weighted by atomic mass is 32.1. The van der Waals surface area contributed by atoms with E-state index in [1.54, 1.807) is 11.3 Å². The summed E-state index contributed by atoms with van der Waals surface area (Å²) in [6.07, 6.45) is 3.08. The molecule has 0 spiro atoms. The molecule has 0 aliphatic carbocycles. The maximum absolute atomic E-state index is 12.0. The summed E-state index contributed by atoms with van der Waals surface area (Å²) in [5, 5.41) is 1.97. The van der Waals surface area contributed by atoms with E-state index in [-0.39, 0.29) is 18.2 Å². The number of hydrogen-bond acceptors (Lipinski definition) is 4. The lowest BCUT2D eigenvalue weighted by atomic mass is 10.1. The molecule has 1 aromatic rings. The molecule has 1 fully saturated rings. The molecular weight excluding hydrogens is 248 g/mol. The third-order valence-corrected chi connectivity index (χ3v) is 4.08. The quantitative estimate of drug-likeness (QED) is 0.817. The highest BCUT2D eigenvalue weighted by Crippen LogP contribution is 2.29. The SMILES string of the molecule is CCC(=O)[C@H](O[C@@H]1CCC[C@H](C)O1)c1cccs1. The first-order chi connectivity index (χ1) is 8.70. The zero-order chi connectivity index (χ0) is 13.0. The van der Waals surface area contributed by atoms with Crippen LogP contribution in [0.1, 0.15) is 50.5 Å². The fourth-order valence-corrected chi connectivity index (χ4v) is 2.93. The largest absolute Gasteiger partial charge is 0.350 e. The minimum Gasteiger partial charge on any atom is -0.350 e. The topological polar surface area (TPSA) is 35.5 Å². The Bertz CT molecular complexity index is 374. The molecule has 1 aliphatic heterocycles. The second-order valence-corrected chi connectivity index (χ2v) is 5.64. The molecule has 0 N–H and O–H groups in total. The second-order valence-electron chi connectivity index (χ2n) is 4.66. The Labute approximate surface area is 112 Å². The molecule has 18 heavy (non-hydrogen) atoms. The molecule has 2 rings (SSSR count). The van der Waals surface area contributed by atoms with E-state index in [4.69, 9.17) is 9.47 Å². The van der Waals surface area contributed by atoms with Crippen LogP contribution in [0.25, 0.3) is 0 Å². The number of carbonyl (C=O) groups is 1. The van der Waals surface area contributed by atoms with Crippen molar-refractivity contribution in [3.05, 3.63) is 22.4 Å². The van der Waals surface area contributed by atoms with Crippen molar-refractivity contribution in [1.82, 2.24) is 0 Å². The molecule has 0 amide bonds. The predicted octanol–water partition coefficient (Wildman–Crippen LogP) is 3.70. The summed E-state index contributed by atoms with van der Waals surface area (Å²) in [4.78, 5) is 13.0. The number of carbonyl (C=O) groups excluding carboxylic acids is 1. The van der Waals surface area contributed by atoms with E-state index >= 15 is 0 Å². The average Bonchev–Trinajstić information content (AvgIpc) is 2.89. The van der Waals surface area contributed by atoms with Crippen LogP contribution in [0.3, 0.4) is 0 Å². The lowest BCUT2D eigenvalue weighted by Crippen LogP contribution is -2.31. The Hall–Kier alpha value is -0.710. The molecular formula is C14H20O3S. The van der Waals surface area contributed by atoms with Crippen LogP contribution in [-0.4, -0.2) is 18.2 Å². The van der Waals surface area contributed by atoms with Crippen molar-refractivity contribution < 1.29 is 14.3 Å². The van der Waals surface area contributed by atoms with Gasteiger partial charge in [-0.05, 0) is 37.6 Å². The normalized spacial score (nSPS) is 25.9. The van der Waals surface area contributed by atoms with Crippen LogP contribution in [0.2, 0.25) is 0 Å². The van der Waals surface area contributed by atoms with Gasteiger partial charge in [0.25, 0.3) is 0 Å². The molecule has 0 bridgehead atoms. The summed E-state index contributed by atoms with van der Waals surface area (Å²) >= 11 is 1.56. The van der Waals surface area contributed by atoms with Crippen molar-refractivity contribution in [2.45, 2.75) is 58.0 Å². The Morgan fingerprint density at radius 3 is 3.06 bits per heavy atom. The van der Waals surface area contributed by atoms with E-state index in [2.05, 4.69) is 6.92 Å². The first-order valence-electron chi connectivity index (χ1n) is 6.57. The predicted molar refractivity (Wildman–Crippen MR) is 71.6 cm³/mol. The van der Waals surface area contributed by atoms with Gasteiger partial charge in [-0.1, -0.05) is 13.0 Å². The molecule has 3 nitrogen and oxygen atoms in total. The first kappa shape index (κ1) is 13.7. The van der Waals surface area contributed by atoms with E-state index in [1.807, 2.05) is 24.4 Å². The van der Waals surface area contributed by atoms with Gasteiger partial charge >= 0.3 is 0 Å². The number of Topliss-reactive ketones (excluding diaryl/α,β-unsaturated/α-hetero) is 1. The van der Waals surface area contributed by atoms with Gasteiger partial charge in [0.2, 0.25) is 0 Å². The number of ketones is 1. The lowest BCUT2D eigenvalue weighted by molar-refractivity contribution is -0.211. The van der Waals surface area contributed by atoms with Gasteiger partial charge in [0.1, 0.15) is 0 Å². The molecule has 4 heteroatoms. The molecule has 1 aliphatic rings.